The predicted octanol–water partition coefficient (Wildman–Crippen LogP) is 0.302. The lowest BCUT2D eigenvalue weighted by Gasteiger charge is -2.07. The molecule has 0 spiro atoms. The number of rotatable bonds is 4. The molecule has 0 atom stereocenters. The summed E-state index contributed by atoms with van der Waals surface area (Å²) in [6, 6.07) is 4.50. The van der Waals surface area contributed by atoms with E-state index >= 15 is 0 Å². The number of aliphatic hydroxyl groups is 1. The Morgan fingerprint density at radius 3 is 2.73 bits per heavy atom. The van der Waals surface area contributed by atoms with Gasteiger partial charge in [0.05, 0.1) is 11.5 Å². The number of benzene rings is 1. The zero-order valence-electron chi connectivity index (χ0n) is 7.77. The van der Waals surface area contributed by atoms with Crippen molar-refractivity contribution < 1.29 is 13.5 Å². The first kappa shape index (κ1) is 12.4. The Bertz CT molecular complexity index is 447. The average Bonchev–Trinajstić information content (AvgIpc) is 2.18. The standard InChI is InChI=1S/C8H11BrN2O3S/c9-7-2-1-6(10)5-8(7)15(13,14)11-3-4-12/h1-2,5,11-12H,3-4,10H2. The van der Waals surface area contributed by atoms with E-state index in [2.05, 4.69) is 20.7 Å². The van der Waals surface area contributed by atoms with Gasteiger partial charge < -0.3 is 10.8 Å². The third-order valence-corrected chi connectivity index (χ3v) is 4.10. The van der Waals surface area contributed by atoms with E-state index in [4.69, 9.17) is 10.8 Å². The van der Waals surface area contributed by atoms with Gasteiger partial charge in [-0.1, -0.05) is 0 Å². The van der Waals surface area contributed by atoms with Crippen LogP contribution in [-0.2, 0) is 10.0 Å². The maximum atomic E-state index is 11.7. The van der Waals surface area contributed by atoms with Crippen LogP contribution in [0.4, 0.5) is 5.69 Å². The largest absolute Gasteiger partial charge is 0.399 e. The van der Waals surface area contributed by atoms with Crippen molar-refractivity contribution in [2.45, 2.75) is 4.90 Å². The highest BCUT2D eigenvalue weighted by atomic mass is 79.9. The van der Waals surface area contributed by atoms with E-state index in [9.17, 15) is 8.42 Å². The normalized spacial score (nSPS) is 11.6. The van der Waals surface area contributed by atoms with Gasteiger partial charge in [0.2, 0.25) is 10.0 Å². The average molecular weight is 295 g/mol. The summed E-state index contributed by atoms with van der Waals surface area (Å²) in [6.45, 7) is -0.275. The third-order valence-electron chi connectivity index (χ3n) is 1.65. The quantitative estimate of drug-likeness (QED) is 0.697. The van der Waals surface area contributed by atoms with E-state index < -0.39 is 10.0 Å². The zero-order chi connectivity index (χ0) is 11.5. The first-order valence-corrected chi connectivity index (χ1v) is 6.40. The van der Waals surface area contributed by atoms with Crippen molar-refractivity contribution in [2.75, 3.05) is 18.9 Å². The lowest BCUT2D eigenvalue weighted by atomic mass is 10.3. The van der Waals surface area contributed by atoms with Crippen molar-refractivity contribution in [3.8, 4) is 0 Å². The molecule has 0 aliphatic rings. The number of hydrogen-bond acceptors (Lipinski definition) is 4. The summed E-state index contributed by atoms with van der Waals surface area (Å²) in [7, 11) is -3.61. The minimum Gasteiger partial charge on any atom is -0.399 e. The number of sulfonamides is 1. The molecule has 0 unspecified atom stereocenters. The van der Waals surface area contributed by atoms with Crippen LogP contribution in [0.1, 0.15) is 0 Å². The smallest absolute Gasteiger partial charge is 0.241 e. The Hall–Kier alpha value is -0.630. The van der Waals surface area contributed by atoms with Crippen LogP contribution in [0.5, 0.6) is 0 Å². The van der Waals surface area contributed by atoms with Gasteiger partial charge in [0.15, 0.2) is 0 Å². The van der Waals surface area contributed by atoms with Crippen LogP contribution in [-0.4, -0.2) is 26.7 Å². The SMILES string of the molecule is Nc1ccc(Br)c(S(=O)(=O)NCCO)c1. The molecule has 0 bridgehead atoms. The van der Waals surface area contributed by atoms with E-state index in [0.717, 1.165) is 0 Å². The summed E-state index contributed by atoms with van der Waals surface area (Å²) in [5.74, 6) is 0. The summed E-state index contributed by atoms with van der Waals surface area (Å²) in [5.41, 5.74) is 5.85. The number of anilines is 1. The molecule has 15 heavy (non-hydrogen) atoms. The second kappa shape index (κ2) is 4.93. The van der Waals surface area contributed by atoms with Gasteiger partial charge in [-0.15, -0.1) is 0 Å². The van der Waals surface area contributed by atoms with Gasteiger partial charge >= 0.3 is 0 Å². The highest BCUT2D eigenvalue weighted by Gasteiger charge is 2.16. The van der Waals surface area contributed by atoms with Gasteiger partial charge in [0.1, 0.15) is 0 Å². The summed E-state index contributed by atoms with van der Waals surface area (Å²) in [6.07, 6.45) is 0. The van der Waals surface area contributed by atoms with Crippen LogP contribution in [0, 0.1) is 0 Å². The third kappa shape index (κ3) is 3.16. The fourth-order valence-electron chi connectivity index (χ4n) is 0.984. The van der Waals surface area contributed by atoms with Crippen LogP contribution >= 0.6 is 15.9 Å². The molecule has 0 aliphatic heterocycles. The molecular formula is C8H11BrN2O3S. The fourth-order valence-corrected chi connectivity index (χ4v) is 3.00. The van der Waals surface area contributed by atoms with Crippen molar-refractivity contribution >= 4 is 31.6 Å². The highest BCUT2D eigenvalue weighted by molar-refractivity contribution is 9.10. The molecule has 0 radical (unpaired) electrons. The Morgan fingerprint density at radius 1 is 1.47 bits per heavy atom. The van der Waals surface area contributed by atoms with E-state index in [0.29, 0.717) is 10.2 Å². The van der Waals surface area contributed by atoms with Gasteiger partial charge in [-0.2, -0.15) is 0 Å². The first-order chi connectivity index (χ1) is 6.97. The van der Waals surface area contributed by atoms with Crippen molar-refractivity contribution in [3.63, 3.8) is 0 Å². The van der Waals surface area contributed by atoms with Crippen LogP contribution < -0.4 is 10.5 Å². The molecule has 5 nitrogen and oxygen atoms in total. The molecule has 0 saturated heterocycles. The van der Waals surface area contributed by atoms with Gasteiger partial charge in [-0.05, 0) is 34.1 Å². The van der Waals surface area contributed by atoms with E-state index in [1.165, 1.54) is 6.07 Å². The minimum absolute atomic E-state index is 0.0242. The van der Waals surface area contributed by atoms with Crippen LogP contribution in [0.25, 0.3) is 0 Å². The number of nitrogens with one attached hydrogen (secondary N) is 1. The number of nitrogens with two attached hydrogens (primary N) is 1. The molecule has 7 heteroatoms. The molecule has 1 aromatic rings. The maximum absolute atomic E-state index is 11.7. The molecule has 1 aromatic carbocycles. The van der Waals surface area contributed by atoms with Gasteiger partial charge in [0.25, 0.3) is 0 Å². The summed E-state index contributed by atoms with van der Waals surface area (Å²) in [5, 5.41) is 8.54. The second-order valence-corrected chi connectivity index (χ2v) is 5.40. The lowest BCUT2D eigenvalue weighted by molar-refractivity contribution is 0.301. The molecule has 0 aromatic heterocycles. The molecule has 0 heterocycles. The summed E-state index contributed by atoms with van der Waals surface area (Å²) in [4.78, 5) is 0.0657. The molecule has 0 amide bonds. The lowest BCUT2D eigenvalue weighted by Crippen LogP contribution is -2.27. The molecule has 4 N–H and O–H groups in total. The Kier molecular flexibility index (Phi) is 4.09. The first-order valence-electron chi connectivity index (χ1n) is 4.13. The predicted molar refractivity (Wildman–Crippen MR) is 60.8 cm³/mol. The maximum Gasteiger partial charge on any atom is 0.241 e. The van der Waals surface area contributed by atoms with Crippen molar-refractivity contribution in [1.82, 2.24) is 4.72 Å². The fraction of sp³-hybridized carbons (Fsp3) is 0.250. The van der Waals surface area contributed by atoms with Crippen LogP contribution in [0.15, 0.2) is 27.6 Å². The van der Waals surface area contributed by atoms with Gasteiger partial charge in [0, 0.05) is 16.7 Å². The highest BCUT2D eigenvalue weighted by Crippen LogP contribution is 2.23. The Balaban J connectivity index is 3.09. The van der Waals surface area contributed by atoms with Crippen LogP contribution in [0.2, 0.25) is 0 Å². The van der Waals surface area contributed by atoms with Gasteiger partial charge in [-0.25, -0.2) is 13.1 Å². The Morgan fingerprint density at radius 2 is 2.13 bits per heavy atom. The number of hydrogen-bond donors (Lipinski definition) is 3. The Labute approximate surface area is 96.5 Å². The summed E-state index contributed by atoms with van der Waals surface area (Å²) >= 11 is 3.12. The minimum atomic E-state index is -3.61. The van der Waals surface area contributed by atoms with Crippen molar-refractivity contribution in [2.24, 2.45) is 0 Å². The molecular weight excluding hydrogens is 284 g/mol. The summed E-state index contributed by atoms with van der Waals surface area (Å²) < 4.78 is 26.0. The molecule has 84 valence electrons. The number of aliphatic hydroxyl groups excluding tert-OH is 1. The molecule has 0 fully saturated rings. The topological polar surface area (TPSA) is 92.4 Å². The second-order valence-electron chi connectivity index (χ2n) is 2.81. The van der Waals surface area contributed by atoms with E-state index in [1.807, 2.05) is 0 Å². The number of nitrogen functional groups attached to an aromatic ring is 1. The van der Waals surface area contributed by atoms with Crippen molar-refractivity contribution in [1.29, 1.82) is 0 Å². The molecule has 0 aliphatic carbocycles. The van der Waals surface area contributed by atoms with Crippen LogP contribution in [0.3, 0.4) is 0 Å². The molecule has 0 saturated carbocycles. The van der Waals surface area contributed by atoms with Crippen molar-refractivity contribution in [3.05, 3.63) is 22.7 Å². The monoisotopic (exact) mass is 294 g/mol. The van der Waals surface area contributed by atoms with E-state index in [1.54, 1.807) is 12.1 Å². The van der Waals surface area contributed by atoms with Gasteiger partial charge in [-0.3, -0.25) is 0 Å². The van der Waals surface area contributed by atoms with E-state index in [-0.39, 0.29) is 18.0 Å². The number of halogens is 1. The zero-order valence-corrected chi connectivity index (χ0v) is 10.2. The molecule has 1 rings (SSSR count).